The molecule has 1 amide bonds. The Kier molecular flexibility index (Phi) is 3.85. The predicted octanol–water partition coefficient (Wildman–Crippen LogP) is 1.53. The minimum absolute atomic E-state index is 0.00191. The van der Waals surface area contributed by atoms with Gasteiger partial charge in [-0.15, -0.1) is 5.10 Å². The van der Waals surface area contributed by atoms with Crippen LogP contribution in [0.25, 0.3) is 0 Å². The number of aryl methyl sites for hydroxylation is 1. The Balaban J connectivity index is 1.66. The van der Waals surface area contributed by atoms with Crippen LogP contribution < -0.4 is 5.32 Å². The van der Waals surface area contributed by atoms with Crippen LogP contribution in [-0.2, 0) is 7.05 Å². The van der Waals surface area contributed by atoms with Gasteiger partial charge in [0.15, 0.2) is 0 Å². The fraction of sp³-hybridized carbons (Fsp3) is 0.400. The summed E-state index contributed by atoms with van der Waals surface area (Å²) in [5.41, 5.74) is 1.63. The van der Waals surface area contributed by atoms with Crippen LogP contribution in [0.15, 0.2) is 36.5 Å². The molecule has 2 aromatic rings. The molecular formula is C15H19N5O. The number of nitrogens with one attached hydrogen (secondary N) is 1. The molecule has 3 rings (SSSR count). The minimum atomic E-state index is 0.00191. The first-order chi connectivity index (χ1) is 10.2. The Hall–Kier alpha value is -2.37. The number of rotatable bonds is 3. The number of likely N-dealkylation sites (tertiary alicyclic amines) is 1. The van der Waals surface area contributed by atoms with Crippen LogP contribution in [0.4, 0.5) is 5.69 Å². The standard InChI is InChI=1S/C15H19N5O/c1-19-14(10-16-18-19)15(21)20-9-5-8-13(11-20)17-12-6-3-2-4-7-12/h2-4,6-7,10,13,17H,5,8-9,11H2,1H3. The number of anilines is 1. The molecule has 1 aliphatic heterocycles. The van der Waals surface area contributed by atoms with Gasteiger partial charge < -0.3 is 10.2 Å². The van der Waals surface area contributed by atoms with Crippen molar-refractivity contribution in [2.75, 3.05) is 18.4 Å². The third-order valence-corrected chi connectivity index (χ3v) is 3.79. The lowest BCUT2D eigenvalue weighted by Gasteiger charge is -2.33. The van der Waals surface area contributed by atoms with E-state index < -0.39 is 0 Å². The number of aromatic nitrogens is 3. The smallest absolute Gasteiger partial charge is 0.273 e. The summed E-state index contributed by atoms with van der Waals surface area (Å²) in [6.45, 7) is 1.50. The maximum Gasteiger partial charge on any atom is 0.273 e. The van der Waals surface area contributed by atoms with Crippen molar-refractivity contribution in [3.8, 4) is 0 Å². The summed E-state index contributed by atoms with van der Waals surface area (Å²) in [5, 5.41) is 11.1. The maximum atomic E-state index is 12.5. The Morgan fingerprint density at radius 1 is 1.33 bits per heavy atom. The third-order valence-electron chi connectivity index (χ3n) is 3.79. The molecule has 0 bridgehead atoms. The topological polar surface area (TPSA) is 63.1 Å². The SMILES string of the molecule is Cn1nncc1C(=O)N1CCCC(Nc2ccccc2)C1. The highest BCUT2D eigenvalue weighted by molar-refractivity contribution is 5.92. The fourth-order valence-electron chi connectivity index (χ4n) is 2.69. The largest absolute Gasteiger partial charge is 0.381 e. The molecule has 1 aliphatic rings. The van der Waals surface area contributed by atoms with Crippen molar-refractivity contribution in [1.29, 1.82) is 0 Å². The summed E-state index contributed by atoms with van der Waals surface area (Å²) < 4.78 is 1.52. The van der Waals surface area contributed by atoms with Gasteiger partial charge in [-0.25, -0.2) is 4.68 Å². The van der Waals surface area contributed by atoms with E-state index in [0.717, 1.165) is 25.1 Å². The second-order valence-corrected chi connectivity index (χ2v) is 5.34. The van der Waals surface area contributed by atoms with Crippen molar-refractivity contribution in [3.05, 3.63) is 42.2 Å². The predicted molar refractivity (Wildman–Crippen MR) is 80.0 cm³/mol. The number of benzene rings is 1. The molecule has 1 atom stereocenters. The Morgan fingerprint density at radius 2 is 2.14 bits per heavy atom. The molecule has 21 heavy (non-hydrogen) atoms. The molecule has 1 aromatic carbocycles. The van der Waals surface area contributed by atoms with Crippen LogP contribution in [-0.4, -0.2) is 44.9 Å². The van der Waals surface area contributed by atoms with Crippen molar-refractivity contribution < 1.29 is 4.79 Å². The summed E-state index contributed by atoms with van der Waals surface area (Å²) in [6.07, 6.45) is 3.60. The van der Waals surface area contributed by atoms with Crippen LogP contribution in [0, 0.1) is 0 Å². The van der Waals surface area contributed by atoms with Gasteiger partial charge in [-0.1, -0.05) is 23.4 Å². The van der Waals surface area contributed by atoms with E-state index >= 15 is 0 Å². The highest BCUT2D eigenvalue weighted by Gasteiger charge is 2.26. The fourth-order valence-corrected chi connectivity index (χ4v) is 2.69. The molecule has 110 valence electrons. The van der Waals surface area contributed by atoms with Crippen molar-refractivity contribution in [2.24, 2.45) is 7.05 Å². The molecule has 0 saturated carbocycles. The van der Waals surface area contributed by atoms with Gasteiger partial charge in [0.05, 0.1) is 6.20 Å². The Labute approximate surface area is 123 Å². The van der Waals surface area contributed by atoms with Crippen LogP contribution in [0.2, 0.25) is 0 Å². The Morgan fingerprint density at radius 3 is 2.86 bits per heavy atom. The van der Waals surface area contributed by atoms with E-state index in [1.54, 1.807) is 7.05 Å². The Bertz CT molecular complexity index is 610. The average molecular weight is 285 g/mol. The lowest BCUT2D eigenvalue weighted by Crippen LogP contribution is -2.45. The number of para-hydroxylation sites is 1. The number of piperidine rings is 1. The van der Waals surface area contributed by atoms with E-state index in [-0.39, 0.29) is 11.9 Å². The number of carbonyl (C=O) groups is 1. The van der Waals surface area contributed by atoms with Crippen molar-refractivity contribution >= 4 is 11.6 Å². The van der Waals surface area contributed by atoms with E-state index in [0.29, 0.717) is 12.2 Å². The van der Waals surface area contributed by atoms with Gasteiger partial charge in [-0.2, -0.15) is 0 Å². The average Bonchev–Trinajstić information content (AvgIpc) is 2.94. The molecule has 0 radical (unpaired) electrons. The maximum absolute atomic E-state index is 12.5. The van der Waals surface area contributed by atoms with Gasteiger partial charge in [0, 0.05) is 31.9 Å². The molecule has 1 aromatic heterocycles. The first kappa shape index (κ1) is 13.6. The van der Waals surface area contributed by atoms with Crippen LogP contribution in [0.5, 0.6) is 0 Å². The highest BCUT2D eigenvalue weighted by Crippen LogP contribution is 2.17. The molecule has 1 unspecified atom stereocenters. The summed E-state index contributed by atoms with van der Waals surface area (Å²) >= 11 is 0. The number of hydrogen-bond acceptors (Lipinski definition) is 4. The van der Waals surface area contributed by atoms with Crippen LogP contribution in [0.1, 0.15) is 23.3 Å². The molecule has 1 N–H and O–H groups in total. The van der Waals surface area contributed by atoms with Gasteiger partial charge in [0.2, 0.25) is 0 Å². The van der Waals surface area contributed by atoms with E-state index in [9.17, 15) is 4.79 Å². The van der Waals surface area contributed by atoms with Crippen molar-refractivity contribution in [3.63, 3.8) is 0 Å². The van der Waals surface area contributed by atoms with E-state index in [1.807, 2.05) is 35.2 Å². The van der Waals surface area contributed by atoms with E-state index in [1.165, 1.54) is 10.9 Å². The molecule has 0 aliphatic carbocycles. The number of amides is 1. The monoisotopic (exact) mass is 285 g/mol. The third kappa shape index (κ3) is 3.04. The zero-order valence-electron chi connectivity index (χ0n) is 12.1. The number of hydrogen-bond donors (Lipinski definition) is 1. The van der Waals surface area contributed by atoms with Gasteiger partial charge in [0.1, 0.15) is 5.69 Å². The summed E-state index contributed by atoms with van der Waals surface area (Å²) in [5.74, 6) is 0.00191. The summed E-state index contributed by atoms with van der Waals surface area (Å²) in [4.78, 5) is 14.4. The molecular weight excluding hydrogens is 266 g/mol. The normalized spacial score (nSPS) is 18.5. The minimum Gasteiger partial charge on any atom is -0.381 e. The molecule has 6 heteroatoms. The molecule has 1 fully saturated rings. The van der Waals surface area contributed by atoms with Crippen LogP contribution in [0.3, 0.4) is 0 Å². The van der Waals surface area contributed by atoms with E-state index in [2.05, 4.69) is 15.6 Å². The highest BCUT2D eigenvalue weighted by atomic mass is 16.2. The molecule has 2 heterocycles. The molecule has 1 saturated heterocycles. The van der Waals surface area contributed by atoms with Crippen molar-refractivity contribution in [2.45, 2.75) is 18.9 Å². The first-order valence-corrected chi connectivity index (χ1v) is 7.19. The number of carbonyl (C=O) groups excluding carboxylic acids is 1. The molecule has 6 nitrogen and oxygen atoms in total. The van der Waals surface area contributed by atoms with Crippen LogP contribution >= 0.6 is 0 Å². The quantitative estimate of drug-likeness (QED) is 0.929. The number of nitrogens with zero attached hydrogens (tertiary/aromatic N) is 4. The summed E-state index contributed by atoms with van der Waals surface area (Å²) in [6, 6.07) is 10.4. The second-order valence-electron chi connectivity index (χ2n) is 5.34. The zero-order chi connectivity index (χ0) is 14.7. The van der Waals surface area contributed by atoms with Gasteiger partial charge in [-0.3, -0.25) is 4.79 Å². The van der Waals surface area contributed by atoms with Gasteiger partial charge in [0.25, 0.3) is 5.91 Å². The van der Waals surface area contributed by atoms with Gasteiger partial charge >= 0.3 is 0 Å². The second kappa shape index (κ2) is 5.95. The lowest BCUT2D eigenvalue weighted by molar-refractivity contribution is 0.0703. The molecule has 0 spiro atoms. The van der Waals surface area contributed by atoms with Gasteiger partial charge in [-0.05, 0) is 25.0 Å². The zero-order valence-corrected chi connectivity index (χ0v) is 12.1. The summed E-state index contributed by atoms with van der Waals surface area (Å²) in [7, 11) is 1.74. The van der Waals surface area contributed by atoms with E-state index in [4.69, 9.17) is 0 Å². The first-order valence-electron chi connectivity index (χ1n) is 7.19. The van der Waals surface area contributed by atoms with Crippen molar-refractivity contribution in [1.82, 2.24) is 19.9 Å². The lowest BCUT2D eigenvalue weighted by atomic mass is 10.0.